The van der Waals surface area contributed by atoms with Crippen LogP contribution in [0.15, 0.2) is 52.7 Å². The van der Waals surface area contributed by atoms with Gasteiger partial charge in [-0.2, -0.15) is 10.2 Å². The molecule has 1 aliphatic rings. The van der Waals surface area contributed by atoms with Gasteiger partial charge >= 0.3 is 12.1 Å². The van der Waals surface area contributed by atoms with Crippen molar-refractivity contribution in [3.05, 3.63) is 64.7 Å². The number of amides is 3. The number of carboxylic acids is 1. The average Bonchev–Trinajstić information content (AvgIpc) is 3.28. The molecule has 9 N–H and O–H groups in total. The number of fused-ring (bicyclic) bond motifs is 1. The van der Waals surface area contributed by atoms with Crippen LogP contribution in [0.2, 0.25) is 0 Å². The Morgan fingerprint density at radius 1 is 1.13 bits per heavy atom. The van der Waals surface area contributed by atoms with E-state index in [9.17, 15) is 24.3 Å². The number of nitrogens with zero attached hydrogens (tertiary/aromatic N) is 2. The molecule has 2 aromatic rings. The van der Waals surface area contributed by atoms with Crippen LogP contribution in [0.4, 0.5) is 10.5 Å². The smallest absolute Gasteiger partial charge is 0.407 e. The highest BCUT2D eigenvalue weighted by Crippen LogP contribution is 2.33. The van der Waals surface area contributed by atoms with Crippen LogP contribution in [0.5, 0.6) is 0 Å². The van der Waals surface area contributed by atoms with Gasteiger partial charge in [-0.3, -0.25) is 19.8 Å². The molecule has 206 valence electrons. The summed E-state index contributed by atoms with van der Waals surface area (Å²) in [4.78, 5) is 49.6. The summed E-state index contributed by atoms with van der Waals surface area (Å²) in [6, 6.07) is 11.7. The minimum absolute atomic E-state index is 0.150. The summed E-state index contributed by atoms with van der Waals surface area (Å²) >= 11 is 0. The predicted octanol–water partition coefficient (Wildman–Crippen LogP) is 0.960. The first-order valence-electron chi connectivity index (χ1n) is 11.9. The molecule has 1 heterocycles. The Labute approximate surface area is 223 Å². The normalized spacial score (nSPS) is 15.0. The summed E-state index contributed by atoms with van der Waals surface area (Å²) < 4.78 is 4.68. The molecule has 0 spiro atoms. The Hall–Kier alpha value is -4.85. The van der Waals surface area contributed by atoms with E-state index in [-0.39, 0.29) is 25.2 Å². The van der Waals surface area contributed by atoms with E-state index < -0.39 is 48.5 Å². The van der Waals surface area contributed by atoms with Crippen molar-refractivity contribution >= 4 is 35.4 Å². The summed E-state index contributed by atoms with van der Waals surface area (Å²) in [6.07, 6.45) is -2.45. The van der Waals surface area contributed by atoms with Gasteiger partial charge in [0.1, 0.15) is 17.5 Å². The van der Waals surface area contributed by atoms with E-state index in [0.717, 1.165) is 18.2 Å². The van der Waals surface area contributed by atoms with E-state index in [1.807, 2.05) is 0 Å². The fourth-order valence-electron chi connectivity index (χ4n) is 4.03. The number of ether oxygens (including phenoxy) is 1. The van der Waals surface area contributed by atoms with Crippen LogP contribution in [-0.4, -0.2) is 54.0 Å². The second-order valence-corrected chi connectivity index (χ2v) is 8.90. The number of nitrogen functional groups attached to an aromatic ring is 1. The van der Waals surface area contributed by atoms with Crippen LogP contribution < -0.4 is 27.4 Å². The van der Waals surface area contributed by atoms with Crippen LogP contribution >= 0.6 is 0 Å². The lowest BCUT2D eigenvalue weighted by Gasteiger charge is -2.33. The molecule has 39 heavy (non-hydrogen) atoms. The van der Waals surface area contributed by atoms with Crippen LogP contribution in [0.25, 0.3) is 0 Å². The molecule has 0 fully saturated rings. The molecule has 14 nitrogen and oxygen atoms in total. The van der Waals surface area contributed by atoms with Gasteiger partial charge in [0.15, 0.2) is 0 Å². The molecule has 3 amide bonds. The van der Waals surface area contributed by atoms with Gasteiger partial charge in [-0.25, -0.2) is 4.79 Å². The first kappa shape index (κ1) is 28.7. The van der Waals surface area contributed by atoms with Crippen molar-refractivity contribution in [1.82, 2.24) is 16.0 Å². The van der Waals surface area contributed by atoms with Gasteiger partial charge in [0.2, 0.25) is 11.8 Å². The zero-order chi connectivity index (χ0) is 28.6. The number of nitrogens with one attached hydrogen (secondary N) is 4. The molecule has 0 aromatic heterocycles. The highest BCUT2D eigenvalue weighted by molar-refractivity contribution is 5.95. The zero-order valence-electron chi connectivity index (χ0n) is 21.2. The number of carbonyl (C=O) groups is 4. The van der Waals surface area contributed by atoms with Gasteiger partial charge in [-0.05, 0) is 35.7 Å². The number of hydrogen-bond donors (Lipinski definition) is 7. The maximum Gasteiger partial charge on any atom is 0.407 e. The van der Waals surface area contributed by atoms with Crippen molar-refractivity contribution in [3.63, 3.8) is 0 Å². The lowest BCUT2D eigenvalue weighted by atomic mass is 9.84. The van der Waals surface area contributed by atoms with Crippen molar-refractivity contribution in [1.29, 1.82) is 5.41 Å². The maximum atomic E-state index is 13.4. The highest BCUT2D eigenvalue weighted by Gasteiger charge is 2.41. The van der Waals surface area contributed by atoms with Crippen molar-refractivity contribution in [2.75, 3.05) is 13.7 Å². The third-order valence-corrected chi connectivity index (χ3v) is 6.07. The van der Waals surface area contributed by atoms with E-state index in [1.54, 1.807) is 42.5 Å². The molecule has 1 aliphatic heterocycles. The second kappa shape index (κ2) is 12.6. The van der Waals surface area contributed by atoms with E-state index in [2.05, 4.69) is 30.9 Å². The van der Waals surface area contributed by atoms with Crippen LogP contribution in [0.1, 0.15) is 41.3 Å². The number of azo groups is 1. The SMILES string of the molecule is COC(=O)N[C@@](CCC(=O)O)(Cc1cccc(C(=N)N)c1)C(=O)NCC(=O)NCc1ccc2c(c1)C(N)N=N2. The van der Waals surface area contributed by atoms with Crippen molar-refractivity contribution in [2.45, 2.75) is 37.5 Å². The van der Waals surface area contributed by atoms with E-state index in [1.165, 1.54) is 0 Å². The number of methoxy groups -OCH3 is 1. The van der Waals surface area contributed by atoms with Crippen LogP contribution in [0.3, 0.4) is 0 Å². The minimum atomic E-state index is -1.79. The average molecular weight is 539 g/mol. The Morgan fingerprint density at radius 3 is 2.59 bits per heavy atom. The molecule has 2 aromatic carbocycles. The molecular formula is C25H30N8O6. The number of nitrogens with two attached hydrogens (primary N) is 2. The molecule has 0 saturated heterocycles. The molecule has 1 unspecified atom stereocenters. The Morgan fingerprint density at radius 2 is 1.90 bits per heavy atom. The third kappa shape index (κ3) is 7.58. The second-order valence-electron chi connectivity index (χ2n) is 8.90. The fraction of sp³-hybridized carbons (Fsp3) is 0.320. The lowest BCUT2D eigenvalue weighted by Crippen LogP contribution is -2.61. The molecule has 0 saturated carbocycles. The maximum absolute atomic E-state index is 13.4. The molecule has 2 atom stereocenters. The number of aliphatic carboxylic acids is 1. The molecule has 0 radical (unpaired) electrons. The number of carbonyl (C=O) groups excluding carboxylic acids is 3. The topological polar surface area (TPSA) is 234 Å². The minimum Gasteiger partial charge on any atom is -0.481 e. The Kier molecular flexibility index (Phi) is 9.28. The number of alkyl carbamates (subject to hydrolysis) is 1. The Bertz CT molecular complexity index is 1310. The number of hydrogen-bond acceptors (Lipinski definition) is 9. The third-order valence-electron chi connectivity index (χ3n) is 6.07. The van der Waals surface area contributed by atoms with Gasteiger partial charge in [-0.1, -0.05) is 24.3 Å². The highest BCUT2D eigenvalue weighted by atomic mass is 16.5. The first-order chi connectivity index (χ1) is 18.5. The molecule has 0 bridgehead atoms. The predicted molar refractivity (Wildman–Crippen MR) is 139 cm³/mol. The van der Waals surface area contributed by atoms with E-state index in [4.69, 9.17) is 16.9 Å². The number of benzene rings is 2. The summed E-state index contributed by atoms with van der Waals surface area (Å²) in [6.45, 7) is -0.295. The summed E-state index contributed by atoms with van der Waals surface area (Å²) in [5.74, 6) is -2.71. The summed E-state index contributed by atoms with van der Waals surface area (Å²) in [5.41, 5.74) is 12.7. The standard InChI is InChI=1S/C25H30N8O6/c1-39-24(38)31-25(8-7-20(35)36,11-14-3-2-4-16(9-14)21(26)27)23(37)30-13-19(34)29-12-15-5-6-18-17(10-15)22(28)33-32-18/h2-6,9-10,22H,7-8,11-13,28H2,1H3,(H3,26,27)(H,29,34)(H,30,37)(H,31,38)(H,35,36)/t22?,25-/m0/s1. The number of rotatable bonds is 12. The molecule has 14 heteroatoms. The first-order valence-corrected chi connectivity index (χ1v) is 11.9. The molecule has 3 rings (SSSR count). The van der Waals surface area contributed by atoms with Crippen molar-refractivity contribution < 1.29 is 29.0 Å². The number of carboxylic acid groups (broad SMARTS) is 1. The van der Waals surface area contributed by atoms with Gasteiger partial charge in [0.25, 0.3) is 0 Å². The zero-order valence-corrected chi connectivity index (χ0v) is 21.2. The Balaban J connectivity index is 1.74. The fourth-order valence-corrected chi connectivity index (χ4v) is 4.03. The lowest BCUT2D eigenvalue weighted by molar-refractivity contribution is -0.138. The number of amidine groups is 1. The van der Waals surface area contributed by atoms with Crippen LogP contribution in [-0.2, 0) is 32.1 Å². The van der Waals surface area contributed by atoms with Crippen LogP contribution in [0, 0.1) is 5.41 Å². The van der Waals surface area contributed by atoms with E-state index in [0.29, 0.717) is 16.8 Å². The van der Waals surface area contributed by atoms with Crippen molar-refractivity contribution in [3.8, 4) is 0 Å². The monoisotopic (exact) mass is 538 g/mol. The summed E-state index contributed by atoms with van der Waals surface area (Å²) in [7, 11) is 1.10. The molecule has 0 aliphatic carbocycles. The van der Waals surface area contributed by atoms with E-state index >= 15 is 0 Å². The largest absolute Gasteiger partial charge is 0.481 e. The van der Waals surface area contributed by atoms with Crippen molar-refractivity contribution in [2.24, 2.45) is 21.7 Å². The van der Waals surface area contributed by atoms with Gasteiger partial charge in [0, 0.05) is 30.5 Å². The van der Waals surface area contributed by atoms with Gasteiger partial charge in [0.05, 0.1) is 19.3 Å². The van der Waals surface area contributed by atoms with Gasteiger partial charge in [-0.15, -0.1) is 0 Å². The molecular weight excluding hydrogens is 508 g/mol. The van der Waals surface area contributed by atoms with Gasteiger partial charge < -0.3 is 37.3 Å². The quantitative estimate of drug-likeness (QED) is 0.151. The summed E-state index contributed by atoms with van der Waals surface area (Å²) in [5, 5.41) is 32.4.